The quantitative estimate of drug-likeness (QED) is 0.384. The average molecular weight is 473 g/mol. The standard InChI is InChI=1S/C26H28N6OS/c1-20-4-3-5-23(18-20)30-16-14-29(15-17-30)19-31-26(34)32(22-6-8-24(33-2)9-7-22)25(28-31)21-10-12-27-13-11-21/h3-13,18H,14-17,19H2,1-2H3. The zero-order valence-electron chi connectivity index (χ0n) is 19.5. The van der Waals surface area contributed by atoms with Gasteiger partial charge in [0.15, 0.2) is 5.82 Å². The molecule has 0 spiro atoms. The lowest BCUT2D eigenvalue weighted by Gasteiger charge is -2.36. The van der Waals surface area contributed by atoms with E-state index in [1.54, 1.807) is 19.5 Å². The fourth-order valence-corrected chi connectivity index (χ4v) is 4.60. The normalized spacial score (nSPS) is 14.4. The Hall–Kier alpha value is -3.49. The third-order valence-corrected chi connectivity index (χ3v) is 6.57. The van der Waals surface area contributed by atoms with Gasteiger partial charge in [0, 0.05) is 49.8 Å². The highest BCUT2D eigenvalue weighted by Crippen LogP contribution is 2.24. The molecule has 4 aromatic rings. The van der Waals surface area contributed by atoms with Gasteiger partial charge >= 0.3 is 0 Å². The second kappa shape index (κ2) is 9.79. The number of hydrogen-bond donors (Lipinski definition) is 0. The summed E-state index contributed by atoms with van der Waals surface area (Å²) in [5, 5.41) is 4.94. The third-order valence-electron chi connectivity index (χ3n) is 6.18. The van der Waals surface area contributed by atoms with Gasteiger partial charge in [0.25, 0.3) is 0 Å². The molecule has 0 saturated carbocycles. The summed E-state index contributed by atoms with van der Waals surface area (Å²) in [5.41, 5.74) is 4.51. The molecule has 0 unspecified atom stereocenters. The fraction of sp³-hybridized carbons (Fsp3) is 0.269. The van der Waals surface area contributed by atoms with Crippen molar-refractivity contribution in [1.82, 2.24) is 24.2 Å². The van der Waals surface area contributed by atoms with E-state index in [0.717, 1.165) is 49.0 Å². The van der Waals surface area contributed by atoms with Crippen molar-refractivity contribution in [2.45, 2.75) is 13.6 Å². The van der Waals surface area contributed by atoms with E-state index in [9.17, 15) is 0 Å². The molecule has 2 aromatic heterocycles. The van der Waals surface area contributed by atoms with Crippen LogP contribution in [0, 0.1) is 11.7 Å². The second-order valence-corrected chi connectivity index (χ2v) is 8.83. The molecule has 8 heteroatoms. The summed E-state index contributed by atoms with van der Waals surface area (Å²) in [4.78, 5) is 9.01. The molecule has 3 heterocycles. The first-order valence-electron chi connectivity index (χ1n) is 11.4. The van der Waals surface area contributed by atoms with Crippen LogP contribution in [0.5, 0.6) is 5.75 Å². The molecule has 174 valence electrons. The molecule has 1 aliphatic heterocycles. The Bertz CT molecular complexity index is 1310. The van der Waals surface area contributed by atoms with E-state index in [-0.39, 0.29) is 0 Å². The second-order valence-electron chi connectivity index (χ2n) is 8.46. The summed E-state index contributed by atoms with van der Waals surface area (Å²) in [6.45, 7) is 6.66. The van der Waals surface area contributed by atoms with Crippen molar-refractivity contribution in [3.05, 3.63) is 83.4 Å². The number of benzene rings is 2. The van der Waals surface area contributed by atoms with E-state index in [1.807, 2.05) is 45.6 Å². The number of piperazine rings is 1. The van der Waals surface area contributed by atoms with Crippen LogP contribution in [0.4, 0.5) is 5.69 Å². The zero-order valence-corrected chi connectivity index (χ0v) is 20.3. The Labute approximate surface area is 204 Å². The van der Waals surface area contributed by atoms with E-state index >= 15 is 0 Å². The van der Waals surface area contributed by atoms with Crippen LogP contribution in [0.15, 0.2) is 73.1 Å². The summed E-state index contributed by atoms with van der Waals surface area (Å²) >= 11 is 5.92. The van der Waals surface area contributed by atoms with Gasteiger partial charge in [0.2, 0.25) is 4.77 Å². The molecule has 7 nitrogen and oxygen atoms in total. The van der Waals surface area contributed by atoms with Crippen molar-refractivity contribution in [2.24, 2.45) is 0 Å². The highest BCUT2D eigenvalue weighted by molar-refractivity contribution is 7.71. The van der Waals surface area contributed by atoms with Gasteiger partial charge in [-0.05, 0) is 73.2 Å². The fourth-order valence-electron chi connectivity index (χ4n) is 4.31. The molecule has 1 fully saturated rings. The largest absolute Gasteiger partial charge is 0.497 e. The van der Waals surface area contributed by atoms with Crippen LogP contribution in [0.1, 0.15) is 5.56 Å². The van der Waals surface area contributed by atoms with Crippen LogP contribution in [-0.4, -0.2) is 57.5 Å². The van der Waals surface area contributed by atoms with Crippen molar-refractivity contribution in [3.63, 3.8) is 0 Å². The topological polar surface area (TPSA) is 51.4 Å². The minimum atomic E-state index is 0.654. The molecule has 0 aliphatic carbocycles. The third kappa shape index (κ3) is 4.60. The van der Waals surface area contributed by atoms with E-state index in [0.29, 0.717) is 11.4 Å². The summed E-state index contributed by atoms with van der Waals surface area (Å²) in [7, 11) is 1.67. The maximum Gasteiger partial charge on any atom is 0.204 e. The summed E-state index contributed by atoms with van der Waals surface area (Å²) < 4.78 is 9.94. The van der Waals surface area contributed by atoms with Gasteiger partial charge in [-0.3, -0.25) is 14.5 Å². The number of ether oxygens (including phenoxy) is 1. The van der Waals surface area contributed by atoms with Crippen LogP contribution in [0.2, 0.25) is 0 Å². The Morgan fingerprint density at radius 1 is 0.912 bits per heavy atom. The van der Waals surface area contributed by atoms with Crippen LogP contribution in [0.3, 0.4) is 0 Å². The van der Waals surface area contributed by atoms with Gasteiger partial charge in [-0.1, -0.05) is 12.1 Å². The van der Waals surface area contributed by atoms with E-state index in [1.165, 1.54) is 11.3 Å². The number of rotatable bonds is 6. The lowest BCUT2D eigenvalue weighted by Crippen LogP contribution is -2.47. The van der Waals surface area contributed by atoms with Gasteiger partial charge < -0.3 is 9.64 Å². The lowest BCUT2D eigenvalue weighted by molar-refractivity contribution is 0.194. The number of anilines is 1. The Morgan fingerprint density at radius 2 is 1.65 bits per heavy atom. The molecule has 34 heavy (non-hydrogen) atoms. The summed E-state index contributed by atoms with van der Waals surface area (Å²) in [5.74, 6) is 1.61. The van der Waals surface area contributed by atoms with Gasteiger partial charge in [-0.15, -0.1) is 5.10 Å². The SMILES string of the molecule is COc1ccc(-n2c(-c3ccncc3)nn(CN3CCN(c4cccc(C)c4)CC3)c2=S)cc1. The Morgan fingerprint density at radius 3 is 2.32 bits per heavy atom. The van der Waals surface area contributed by atoms with Crippen molar-refractivity contribution in [3.8, 4) is 22.8 Å². The molecule has 1 saturated heterocycles. The van der Waals surface area contributed by atoms with Crippen molar-refractivity contribution >= 4 is 17.9 Å². The molecule has 0 N–H and O–H groups in total. The van der Waals surface area contributed by atoms with Crippen LogP contribution < -0.4 is 9.64 Å². The predicted octanol–water partition coefficient (Wildman–Crippen LogP) is 4.56. The van der Waals surface area contributed by atoms with Crippen molar-refractivity contribution in [1.29, 1.82) is 0 Å². The smallest absolute Gasteiger partial charge is 0.204 e. The molecular weight excluding hydrogens is 444 g/mol. The maximum absolute atomic E-state index is 5.92. The van der Waals surface area contributed by atoms with Crippen molar-refractivity contribution < 1.29 is 4.74 Å². The Kier molecular flexibility index (Phi) is 6.42. The van der Waals surface area contributed by atoms with Gasteiger partial charge in [-0.25, -0.2) is 4.68 Å². The van der Waals surface area contributed by atoms with Gasteiger partial charge in [0.1, 0.15) is 5.75 Å². The lowest BCUT2D eigenvalue weighted by atomic mass is 10.2. The predicted molar refractivity (Wildman–Crippen MR) is 137 cm³/mol. The number of pyridine rings is 1. The van der Waals surface area contributed by atoms with Gasteiger partial charge in [-0.2, -0.15) is 0 Å². The monoisotopic (exact) mass is 472 g/mol. The number of nitrogens with zero attached hydrogens (tertiary/aromatic N) is 6. The minimum absolute atomic E-state index is 0.654. The molecule has 2 aromatic carbocycles. The molecule has 0 radical (unpaired) electrons. The van der Waals surface area contributed by atoms with Crippen LogP contribution in [-0.2, 0) is 6.67 Å². The maximum atomic E-state index is 5.92. The highest BCUT2D eigenvalue weighted by Gasteiger charge is 2.20. The van der Waals surface area contributed by atoms with E-state index in [2.05, 4.69) is 46.0 Å². The van der Waals surface area contributed by atoms with Crippen LogP contribution in [0.25, 0.3) is 17.1 Å². The van der Waals surface area contributed by atoms with Gasteiger partial charge in [0.05, 0.1) is 19.5 Å². The first-order valence-corrected chi connectivity index (χ1v) is 11.8. The average Bonchev–Trinajstić information content (AvgIpc) is 3.20. The van der Waals surface area contributed by atoms with E-state index in [4.69, 9.17) is 22.1 Å². The molecule has 0 bridgehead atoms. The number of aromatic nitrogens is 4. The number of methoxy groups -OCH3 is 1. The molecule has 5 rings (SSSR count). The van der Waals surface area contributed by atoms with E-state index < -0.39 is 0 Å². The van der Waals surface area contributed by atoms with Crippen molar-refractivity contribution in [2.75, 3.05) is 38.2 Å². The molecule has 0 atom stereocenters. The summed E-state index contributed by atoms with van der Waals surface area (Å²) in [6, 6.07) is 20.5. The number of hydrogen-bond acceptors (Lipinski definition) is 6. The van der Waals surface area contributed by atoms with Crippen LogP contribution >= 0.6 is 12.2 Å². The molecule has 1 aliphatic rings. The zero-order chi connectivity index (χ0) is 23.5. The first kappa shape index (κ1) is 22.3. The number of aryl methyl sites for hydroxylation is 1. The first-order chi connectivity index (χ1) is 16.6. The summed E-state index contributed by atoms with van der Waals surface area (Å²) in [6.07, 6.45) is 3.56. The molecular formula is C26H28N6OS. The molecule has 0 amide bonds. The highest BCUT2D eigenvalue weighted by atomic mass is 32.1. The Balaban J connectivity index is 1.40. The minimum Gasteiger partial charge on any atom is -0.497 e.